The van der Waals surface area contributed by atoms with Crippen molar-refractivity contribution in [3.63, 3.8) is 0 Å². The van der Waals surface area contributed by atoms with E-state index in [1.807, 2.05) is 0 Å². The van der Waals surface area contributed by atoms with Gasteiger partial charge in [0.05, 0.1) is 26.4 Å². The fraction of sp³-hybridized carbons (Fsp3) is 0.938. The van der Waals surface area contributed by atoms with Gasteiger partial charge in [-0.05, 0) is 26.2 Å². The van der Waals surface area contributed by atoms with E-state index in [-0.39, 0.29) is 24.0 Å². The first kappa shape index (κ1) is 24.2. The van der Waals surface area contributed by atoms with Crippen molar-refractivity contribution < 1.29 is 9.47 Å². The van der Waals surface area contributed by atoms with Gasteiger partial charge in [-0.15, -0.1) is 24.0 Å². The van der Waals surface area contributed by atoms with Crippen molar-refractivity contribution in [2.75, 3.05) is 40.0 Å². The quantitative estimate of drug-likeness (QED) is 0.217. The van der Waals surface area contributed by atoms with Gasteiger partial charge in [-0.1, -0.05) is 26.7 Å². The average Bonchev–Trinajstić information content (AvgIpc) is 2.42. The fourth-order valence-electron chi connectivity index (χ4n) is 1.92. The van der Waals surface area contributed by atoms with Crippen molar-refractivity contribution in [3.05, 3.63) is 0 Å². The van der Waals surface area contributed by atoms with Crippen LogP contribution in [-0.2, 0) is 9.47 Å². The molecule has 0 aromatic rings. The lowest BCUT2D eigenvalue weighted by molar-refractivity contribution is 0.0748. The third-order valence-corrected chi connectivity index (χ3v) is 3.08. The molecule has 0 amide bonds. The molecule has 0 fully saturated rings. The summed E-state index contributed by atoms with van der Waals surface area (Å²) >= 11 is 0. The van der Waals surface area contributed by atoms with Crippen LogP contribution in [0.4, 0.5) is 0 Å². The second kappa shape index (κ2) is 17.3. The molecule has 0 aromatic heterocycles. The summed E-state index contributed by atoms with van der Waals surface area (Å²) in [6.07, 6.45) is 3.71. The molecule has 6 heteroatoms. The normalized spacial score (nSPS) is 12.9. The van der Waals surface area contributed by atoms with Crippen LogP contribution in [0.25, 0.3) is 0 Å². The molecule has 0 radical (unpaired) electrons. The predicted octanol–water partition coefficient (Wildman–Crippen LogP) is 3.04. The minimum Gasteiger partial charge on any atom is -0.382 e. The summed E-state index contributed by atoms with van der Waals surface area (Å²) in [7, 11) is 1.68. The van der Waals surface area contributed by atoms with E-state index in [1.54, 1.807) is 7.11 Å². The zero-order valence-corrected chi connectivity index (χ0v) is 17.3. The maximum Gasteiger partial charge on any atom is 0.191 e. The van der Waals surface area contributed by atoms with E-state index in [1.165, 1.54) is 19.3 Å². The van der Waals surface area contributed by atoms with Crippen molar-refractivity contribution in [2.24, 2.45) is 10.9 Å². The Kier molecular flexibility index (Phi) is 19.0. The van der Waals surface area contributed by atoms with Crippen LogP contribution in [0.2, 0.25) is 0 Å². The van der Waals surface area contributed by atoms with Gasteiger partial charge in [-0.3, -0.25) is 4.99 Å². The number of halogens is 1. The Balaban J connectivity index is 0. The van der Waals surface area contributed by atoms with E-state index in [0.717, 1.165) is 18.4 Å². The minimum absolute atomic E-state index is 0. The number of nitrogens with one attached hydrogen (secondary N) is 2. The van der Waals surface area contributed by atoms with Gasteiger partial charge in [-0.25, -0.2) is 0 Å². The zero-order chi connectivity index (χ0) is 15.9. The largest absolute Gasteiger partial charge is 0.382 e. The molecule has 0 spiro atoms. The second-order valence-corrected chi connectivity index (χ2v) is 5.74. The number of ether oxygens (including phenoxy) is 2. The van der Waals surface area contributed by atoms with Crippen LogP contribution in [0.5, 0.6) is 0 Å². The van der Waals surface area contributed by atoms with Crippen molar-refractivity contribution in [3.8, 4) is 0 Å². The number of guanidine groups is 1. The first-order chi connectivity index (χ1) is 10.1. The van der Waals surface area contributed by atoms with E-state index in [0.29, 0.717) is 32.4 Å². The Labute approximate surface area is 154 Å². The van der Waals surface area contributed by atoms with Gasteiger partial charge in [0.15, 0.2) is 5.96 Å². The molecule has 0 aromatic carbocycles. The van der Waals surface area contributed by atoms with Crippen LogP contribution in [0.3, 0.4) is 0 Å². The molecule has 5 nitrogen and oxygen atoms in total. The van der Waals surface area contributed by atoms with E-state index >= 15 is 0 Å². The van der Waals surface area contributed by atoms with E-state index in [4.69, 9.17) is 9.47 Å². The molecule has 134 valence electrons. The van der Waals surface area contributed by atoms with Gasteiger partial charge in [-0.2, -0.15) is 0 Å². The highest BCUT2D eigenvalue weighted by Gasteiger charge is 2.05. The Morgan fingerprint density at radius 3 is 2.41 bits per heavy atom. The zero-order valence-electron chi connectivity index (χ0n) is 15.0. The summed E-state index contributed by atoms with van der Waals surface area (Å²) in [5, 5.41) is 6.73. The van der Waals surface area contributed by atoms with Crippen molar-refractivity contribution in [1.82, 2.24) is 10.6 Å². The lowest BCUT2D eigenvalue weighted by Crippen LogP contribution is -2.42. The predicted molar refractivity (Wildman–Crippen MR) is 105 cm³/mol. The Morgan fingerprint density at radius 1 is 1.09 bits per heavy atom. The lowest BCUT2D eigenvalue weighted by Gasteiger charge is -2.18. The van der Waals surface area contributed by atoms with Crippen molar-refractivity contribution >= 4 is 29.9 Å². The van der Waals surface area contributed by atoms with Crippen molar-refractivity contribution in [1.29, 1.82) is 0 Å². The van der Waals surface area contributed by atoms with Crippen LogP contribution in [-0.4, -0.2) is 52.0 Å². The van der Waals surface area contributed by atoms with Crippen LogP contribution < -0.4 is 10.6 Å². The maximum absolute atomic E-state index is 5.41. The van der Waals surface area contributed by atoms with Crippen LogP contribution in [0, 0.1) is 5.92 Å². The van der Waals surface area contributed by atoms with Crippen LogP contribution >= 0.6 is 24.0 Å². The third-order valence-electron chi connectivity index (χ3n) is 3.08. The van der Waals surface area contributed by atoms with E-state index in [2.05, 4.69) is 43.3 Å². The summed E-state index contributed by atoms with van der Waals surface area (Å²) in [4.78, 5) is 4.52. The number of hydrogen-bond acceptors (Lipinski definition) is 3. The lowest BCUT2D eigenvalue weighted by atomic mass is 10.0. The topological polar surface area (TPSA) is 54.9 Å². The number of methoxy groups -OCH3 is 1. The SMILES string of the molecule is CCNC(=NCCOCCOC)NC(C)CCCC(C)C.I. The smallest absolute Gasteiger partial charge is 0.191 e. The molecule has 0 aliphatic carbocycles. The Hall–Kier alpha value is -0.0800. The molecule has 0 saturated carbocycles. The number of hydrogen-bond donors (Lipinski definition) is 2. The van der Waals surface area contributed by atoms with Gasteiger partial charge < -0.3 is 20.1 Å². The molecule has 0 heterocycles. The minimum atomic E-state index is 0. The molecule has 0 rings (SSSR count). The summed E-state index contributed by atoms with van der Waals surface area (Å²) in [6.45, 7) is 12.3. The Morgan fingerprint density at radius 2 is 1.82 bits per heavy atom. The summed E-state index contributed by atoms with van der Waals surface area (Å²) < 4.78 is 10.3. The molecule has 0 bridgehead atoms. The molecular weight excluding hydrogens is 393 g/mol. The van der Waals surface area contributed by atoms with Gasteiger partial charge >= 0.3 is 0 Å². The maximum atomic E-state index is 5.41. The molecule has 0 saturated heterocycles. The summed E-state index contributed by atoms with van der Waals surface area (Å²) in [5.74, 6) is 1.66. The number of rotatable bonds is 12. The van der Waals surface area contributed by atoms with Crippen LogP contribution in [0.1, 0.15) is 47.0 Å². The molecule has 1 atom stereocenters. The molecule has 0 aliphatic heterocycles. The van der Waals surface area contributed by atoms with Crippen molar-refractivity contribution in [2.45, 2.75) is 53.0 Å². The van der Waals surface area contributed by atoms with Crippen LogP contribution in [0.15, 0.2) is 4.99 Å². The number of aliphatic imine (C=N–C) groups is 1. The van der Waals surface area contributed by atoms with Gasteiger partial charge in [0.2, 0.25) is 0 Å². The summed E-state index contributed by atoms with van der Waals surface area (Å²) in [6, 6.07) is 0.441. The van der Waals surface area contributed by atoms with Gasteiger partial charge in [0, 0.05) is 19.7 Å². The highest BCUT2D eigenvalue weighted by atomic mass is 127. The Bertz CT molecular complexity index is 264. The second-order valence-electron chi connectivity index (χ2n) is 5.74. The monoisotopic (exact) mass is 429 g/mol. The third kappa shape index (κ3) is 16.3. The van der Waals surface area contributed by atoms with Gasteiger partial charge in [0.25, 0.3) is 0 Å². The molecule has 1 unspecified atom stereocenters. The first-order valence-corrected chi connectivity index (χ1v) is 8.21. The van der Waals surface area contributed by atoms with E-state index < -0.39 is 0 Å². The molecular formula is C16H36IN3O2. The summed E-state index contributed by atoms with van der Waals surface area (Å²) in [5.41, 5.74) is 0. The molecule has 22 heavy (non-hydrogen) atoms. The first-order valence-electron chi connectivity index (χ1n) is 8.21. The highest BCUT2D eigenvalue weighted by Crippen LogP contribution is 2.08. The number of nitrogens with zero attached hydrogens (tertiary/aromatic N) is 1. The highest BCUT2D eigenvalue weighted by molar-refractivity contribution is 14.0. The van der Waals surface area contributed by atoms with Gasteiger partial charge in [0.1, 0.15) is 0 Å². The standard InChI is InChI=1S/C16H35N3O2.HI/c1-6-17-16(18-10-11-21-13-12-20-5)19-15(4)9-7-8-14(2)3;/h14-15H,6-13H2,1-5H3,(H2,17,18,19);1H. The fourth-order valence-corrected chi connectivity index (χ4v) is 1.92. The van der Waals surface area contributed by atoms with E-state index in [9.17, 15) is 0 Å². The molecule has 0 aliphatic rings. The molecule has 2 N–H and O–H groups in total. The average molecular weight is 429 g/mol.